The number of nitrogens with zero attached hydrogens (tertiary/aromatic N) is 2. The average Bonchev–Trinajstić information content (AvgIpc) is 2.78. The van der Waals surface area contributed by atoms with Crippen LogP contribution in [0.1, 0.15) is 30.1 Å². The summed E-state index contributed by atoms with van der Waals surface area (Å²) in [6, 6.07) is 17.1. The van der Waals surface area contributed by atoms with Gasteiger partial charge in [0.15, 0.2) is 5.96 Å². The van der Waals surface area contributed by atoms with E-state index >= 15 is 0 Å². The molecule has 4 N–H and O–H groups in total. The molecule has 0 aliphatic carbocycles. The van der Waals surface area contributed by atoms with Gasteiger partial charge in [-0.1, -0.05) is 18.2 Å². The predicted octanol–water partition coefficient (Wildman–Crippen LogP) is 2.96. The Morgan fingerprint density at radius 2 is 1.74 bits per heavy atom. The van der Waals surface area contributed by atoms with Crippen LogP contribution in [0.15, 0.2) is 59.6 Å². The number of carbonyl (C=O) groups excluding carboxylic acids is 1. The lowest BCUT2D eigenvalue weighted by atomic mass is 10.0. The maximum atomic E-state index is 12.1. The van der Waals surface area contributed by atoms with Crippen molar-refractivity contribution in [1.29, 1.82) is 0 Å². The molecular weight excluding hydrogens is 505 g/mol. The van der Waals surface area contributed by atoms with E-state index < -0.39 is 0 Å². The number of nitrogens with one attached hydrogen (secondary N) is 3. The molecule has 8 heteroatoms. The molecule has 0 bridgehead atoms. The highest BCUT2D eigenvalue weighted by Crippen LogP contribution is 2.19. The van der Waals surface area contributed by atoms with Crippen molar-refractivity contribution in [1.82, 2.24) is 16.0 Å². The van der Waals surface area contributed by atoms with Gasteiger partial charge >= 0.3 is 0 Å². The Hall–Kier alpha value is -2.49. The summed E-state index contributed by atoms with van der Waals surface area (Å²) in [5.41, 5.74) is 1.80. The molecule has 0 aromatic heterocycles. The molecule has 1 aliphatic rings. The Labute approximate surface area is 201 Å². The topological polar surface area (TPSA) is 89.0 Å². The lowest BCUT2D eigenvalue weighted by molar-refractivity contribution is 0.0955. The third kappa shape index (κ3) is 7.93. The predicted molar refractivity (Wildman–Crippen MR) is 137 cm³/mol. The van der Waals surface area contributed by atoms with Crippen molar-refractivity contribution < 1.29 is 9.90 Å². The fraction of sp³-hybridized carbons (Fsp3) is 0.391. The van der Waals surface area contributed by atoms with Gasteiger partial charge in [0.05, 0.1) is 6.54 Å². The van der Waals surface area contributed by atoms with Gasteiger partial charge in [0.2, 0.25) is 0 Å². The zero-order valence-electron chi connectivity index (χ0n) is 17.9. The van der Waals surface area contributed by atoms with E-state index in [1.165, 1.54) is 17.8 Å². The average molecular weight is 537 g/mol. The van der Waals surface area contributed by atoms with Crippen LogP contribution in [-0.4, -0.2) is 55.7 Å². The van der Waals surface area contributed by atoms with E-state index in [4.69, 9.17) is 0 Å². The van der Waals surface area contributed by atoms with Crippen LogP contribution in [0.25, 0.3) is 0 Å². The van der Waals surface area contributed by atoms with Gasteiger partial charge in [-0.05, 0) is 56.2 Å². The Balaban J connectivity index is 0.00000341. The van der Waals surface area contributed by atoms with Crippen molar-refractivity contribution in [3.8, 4) is 5.75 Å². The molecule has 1 fully saturated rings. The van der Waals surface area contributed by atoms with Crippen molar-refractivity contribution in [3.05, 3.63) is 60.2 Å². The molecule has 1 aliphatic heterocycles. The summed E-state index contributed by atoms with van der Waals surface area (Å²) in [5.74, 6) is 0.762. The monoisotopic (exact) mass is 537 g/mol. The molecule has 2 aromatic rings. The number of benzene rings is 2. The maximum Gasteiger partial charge on any atom is 0.251 e. The molecule has 1 heterocycles. The molecule has 31 heavy (non-hydrogen) atoms. The third-order valence-corrected chi connectivity index (χ3v) is 5.10. The van der Waals surface area contributed by atoms with E-state index in [2.05, 4.69) is 50.1 Å². The number of para-hydroxylation sites is 1. The summed E-state index contributed by atoms with van der Waals surface area (Å²) in [5, 5.41) is 19.0. The molecule has 0 saturated carbocycles. The Morgan fingerprint density at radius 3 is 2.39 bits per heavy atom. The quantitative estimate of drug-likeness (QED) is 0.189. The van der Waals surface area contributed by atoms with Crippen molar-refractivity contribution in [2.24, 2.45) is 4.99 Å². The zero-order valence-corrected chi connectivity index (χ0v) is 20.2. The number of guanidine groups is 1. The highest BCUT2D eigenvalue weighted by molar-refractivity contribution is 14.0. The van der Waals surface area contributed by atoms with E-state index in [9.17, 15) is 9.90 Å². The fourth-order valence-electron chi connectivity index (χ4n) is 3.49. The Bertz CT molecular complexity index is 822. The van der Waals surface area contributed by atoms with Crippen LogP contribution in [0.4, 0.5) is 5.69 Å². The lowest BCUT2D eigenvalue weighted by Gasteiger charge is -2.34. The number of carbonyl (C=O) groups is 1. The van der Waals surface area contributed by atoms with Crippen molar-refractivity contribution >= 4 is 41.5 Å². The second kappa shape index (κ2) is 13.0. The number of hydrogen-bond acceptors (Lipinski definition) is 4. The first-order valence-corrected chi connectivity index (χ1v) is 10.6. The number of hydrogen-bond donors (Lipinski definition) is 4. The maximum absolute atomic E-state index is 12.1. The lowest BCUT2D eigenvalue weighted by Crippen LogP contribution is -2.49. The van der Waals surface area contributed by atoms with Crippen LogP contribution in [0.3, 0.4) is 0 Å². The number of halogens is 1. The molecule has 1 saturated heterocycles. The molecule has 0 radical (unpaired) electrons. The van der Waals surface area contributed by atoms with E-state index in [1.54, 1.807) is 12.1 Å². The van der Waals surface area contributed by atoms with Gasteiger partial charge in [0.1, 0.15) is 5.75 Å². The molecule has 7 nitrogen and oxygen atoms in total. The molecular formula is C23H32IN5O2. The summed E-state index contributed by atoms with van der Waals surface area (Å²) < 4.78 is 0. The summed E-state index contributed by atoms with van der Waals surface area (Å²) in [7, 11) is 0. The van der Waals surface area contributed by atoms with Crippen molar-refractivity contribution in [2.45, 2.75) is 25.8 Å². The number of amides is 1. The number of phenols is 1. The molecule has 2 aromatic carbocycles. The van der Waals surface area contributed by atoms with Crippen molar-refractivity contribution in [2.75, 3.05) is 37.6 Å². The van der Waals surface area contributed by atoms with Crippen LogP contribution < -0.4 is 20.9 Å². The minimum Gasteiger partial charge on any atom is -0.508 e. The number of anilines is 1. The number of rotatable bonds is 7. The molecule has 1 amide bonds. The summed E-state index contributed by atoms with van der Waals surface area (Å²) in [6.45, 7) is 5.80. The Kier molecular flexibility index (Phi) is 10.4. The third-order valence-electron chi connectivity index (χ3n) is 5.10. The van der Waals surface area contributed by atoms with Gasteiger partial charge in [-0.2, -0.15) is 0 Å². The zero-order chi connectivity index (χ0) is 21.2. The first-order valence-electron chi connectivity index (χ1n) is 10.6. The van der Waals surface area contributed by atoms with Gasteiger partial charge in [-0.15, -0.1) is 24.0 Å². The molecule has 3 rings (SSSR count). The van der Waals surface area contributed by atoms with Crippen LogP contribution in [0.2, 0.25) is 0 Å². The van der Waals surface area contributed by atoms with Gasteiger partial charge in [0, 0.05) is 43.5 Å². The SMILES string of the molecule is CCNC(=NCCNC(=O)c1ccc(O)cc1)NC1CCN(c2ccccc2)CC1.I. The number of piperidine rings is 1. The first kappa shape index (κ1) is 24.8. The standard InChI is InChI=1S/C23H31N5O2.HI/c1-2-24-23(26-15-14-25-22(30)18-8-10-21(29)11-9-18)27-19-12-16-28(17-13-19)20-6-4-3-5-7-20;/h3-11,19,29H,2,12-17H2,1H3,(H,25,30)(H2,24,26,27);1H. The second-order valence-corrected chi connectivity index (χ2v) is 7.30. The highest BCUT2D eigenvalue weighted by atomic mass is 127. The van der Waals surface area contributed by atoms with E-state index in [-0.39, 0.29) is 35.6 Å². The minimum atomic E-state index is -0.170. The minimum absolute atomic E-state index is 0. The van der Waals surface area contributed by atoms with Crippen LogP contribution in [0.5, 0.6) is 5.75 Å². The van der Waals surface area contributed by atoms with E-state index in [1.807, 2.05) is 13.0 Å². The van der Waals surface area contributed by atoms with E-state index in [0.717, 1.165) is 38.4 Å². The summed E-state index contributed by atoms with van der Waals surface area (Å²) in [6.07, 6.45) is 2.10. The Morgan fingerprint density at radius 1 is 1.06 bits per heavy atom. The molecule has 0 unspecified atom stereocenters. The fourth-order valence-corrected chi connectivity index (χ4v) is 3.49. The largest absolute Gasteiger partial charge is 0.508 e. The van der Waals surface area contributed by atoms with Gasteiger partial charge in [-0.25, -0.2) is 0 Å². The van der Waals surface area contributed by atoms with E-state index in [0.29, 0.717) is 24.7 Å². The molecule has 0 spiro atoms. The highest BCUT2D eigenvalue weighted by Gasteiger charge is 2.20. The number of phenolic OH excluding ortho intramolecular Hbond substituents is 1. The molecule has 0 atom stereocenters. The normalized spacial score (nSPS) is 14.5. The first-order chi connectivity index (χ1) is 14.7. The summed E-state index contributed by atoms with van der Waals surface area (Å²) >= 11 is 0. The number of aliphatic imine (C=N–C) groups is 1. The number of aromatic hydroxyl groups is 1. The van der Waals surface area contributed by atoms with Gasteiger partial charge in [-0.3, -0.25) is 9.79 Å². The van der Waals surface area contributed by atoms with Gasteiger partial charge in [0.25, 0.3) is 5.91 Å². The van der Waals surface area contributed by atoms with Crippen LogP contribution in [-0.2, 0) is 0 Å². The van der Waals surface area contributed by atoms with Crippen molar-refractivity contribution in [3.63, 3.8) is 0 Å². The smallest absolute Gasteiger partial charge is 0.251 e. The molecule has 168 valence electrons. The second-order valence-electron chi connectivity index (χ2n) is 7.30. The van der Waals surface area contributed by atoms with Crippen LogP contribution in [0, 0.1) is 0 Å². The van der Waals surface area contributed by atoms with Crippen LogP contribution >= 0.6 is 24.0 Å². The summed E-state index contributed by atoms with van der Waals surface area (Å²) in [4.78, 5) is 19.1. The van der Waals surface area contributed by atoms with Gasteiger partial charge < -0.3 is 26.0 Å².